The molecule has 0 spiro atoms. The SMILES string of the molecule is CC(C)(C)OC(=O)NC1CC1NCc1ccccc1F. The third-order valence-corrected chi connectivity index (χ3v) is 3.01. The minimum absolute atomic E-state index is 0.0663. The number of alkyl carbamates (subject to hydrolysis) is 1. The van der Waals surface area contributed by atoms with Gasteiger partial charge in [0.2, 0.25) is 0 Å². The molecule has 1 aliphatic rings. The summed E-state index contributed by atoms with van der Waals surface area (Å²) < 4.78 is 18.6. The highest BCUT2D eigenvalue weighted by Crippen LogP contribution is 2.22. The first-order chi connectivity index (χ1) is 9.35. The molecule has 0 aliphatic heterocycles. The highest BCUT2D eigenvalue weighted by molar-refractivity contribution is 5.68. The van der Waals surface area contributed by atoms with E-state index < -0.39 is 11.7 Å². The third-order valence-electron chi connectivity index (χ3n) is 3.01. The number of carbonyl (C=O) groups excluding carboxylic acids is 1. The van der Waals surface area contributed by atoms with Gasteiger partial charge in [-0.2, -0.15) is 0 Å². The Morgan fingerprint density at radius 2 is 2.05 bits per heavy atom. The number of halogens is 1. The molecule has 0 heterocycles. The third kappa shape index (κ3) is 4.49. The van der Waals surface area contributed by atoms with E-state index in [0.717, 1.165) is 6.42 Å². The van der Waals surface area contributed by atoms with Crippen LogP contribution in [0.2, 0.25) is 0 Å². The normalized spacial score (nSPS) is 21.4. The largest absolute Gasteiger partial charge is 0.444 e. The summed E-state index contributed by atoms with van der Waals surface area (Å²) in [6.45, 7) is 5.94. The molecular formula is C15H21FN2O2. The van der Waals surface area contributed by atoms with Crippen LogP contribution < -0.4 is 10.6 Å². The Morgan fingerprint density at radius 1 is 1.35 bits per heavy atom. The summed E-state index contributed by atoms with van der Waals surface area (Å²) in [5, 5.41) is 6.02. The zero-order valence-electron chi connectivity index (χ0n) is 12.1. The first kappa shape index (κ1) is 14.8. The van der Waals surface area contributed by atoms with Gasteiger partial charge in [0, 0.05) is 24.2 Å². The van der Waals surface area contributed by atoms with E-state index in [1.165, 1.54) is 6.07 Å². The van der Waals surface area contributed by atoms with Crippen LogP contribution in [0.15, 0.2) is 24.3 Å². The Labute approximate surface area is 118 Å². The van der Waals surface area contributed by atoms with Crippen LogP contribution in [0.4, 0.5) is 9.18 Å². The molecule has 2 unspecified atom stereocenters. The van der Waals surface area contributed by atoms with Crippen molar-refractivity contribution >= 4 is 6.09 Å². The van der Waals surface area contributed by atoms with Crippen molar-refractivity contribution in [2.45, 2.75) is 51.4 Å². The van der Waals surface area contributed by atoms with Crippen LogP contribution in [0.25, 0.3) is 0 Å². The molecule has 2 rings (SSSR count). The van der Waals surface area contributed by atoms with Crippen molar-refractivity contribution in [2.75, 3.05) is 0 Å². The highest BCUT2D eigenvalue weighted by Gasteiger charge is 2.38. The average molecular weight is 280 g/mol. The van der Waals surface area contributed by atoms with Crippen molar-refractivity contribution in [1.29, 1.82) is 0 Å². The second kappa shape index (κ2) is 5.79. The van der Waals surface area contributed by atoms with E-state index in [4.69, 9.17) is 4.74 Å². The predicted octanol–water partition coefficient (Wildman–Crippen LogP) is 2.58. The summed E-state index contributed by atoms with van der Waals surface area (Å²) >= 11 is 0. The topological polar surface area (TPSA) is 50.4 Å². The van der Waals surface area contributed by atoms with Gasteiger partial charge in [0.05, 0.1) is 0 Å². The van der Waals surface area contributed by atoms with Crippen molar-refractivity contribution in [1.82, 2.24) is 10.6 Å². The zero-order chi connectivity index (χ0) is 14.8. The number of amides is 1. The van der Waals surface area contributed by atoms with Crippen molar-refractivity contribution in [2.24, 2.45) is 0 Å². The fourth-order valence-corrected chi connectivity index (χ4v) is 1.92. The monoisotopic (exact) mass is 280 g/mol. The molecule has 1 saturated carbocycles. The lowest BCUT2D eigenvalue weighted by atomic mass is 10.2. The first-order valence-electron chi connectivity index (χ1n) is 6.81. The van der Waals surface area contributed by atoms with Crippen molar-refractivity contribution in [3.63, 3.8) is 0 Å². The molecule has 0 radical (unpaired) electrons. The lowest BCUT2D eigenvalue weighted by Gasteiger charge is -2.19. The van der Waals surface area contributed by atoms with E-state index in [2.05, 4.69) is 10.6 Å². The molecule has 1 aliphatic carbocycles. The summed E-state index contributed by atoms with van der Waals surface area (Å²) in [7, 11) is 0. The first-order valence-corrected chi connectivity index (χ1v) is 6.81. The number of nitrogens with one attached hydrogen (secondary N) is 2. The predicted molar refractivity (Wildman–Crippen MR) is 74.8 cm³/mol. The Balaban J connectivity index is 1.71. The van der Waals surface area contributed by atoms with E-state index >= 15 is 0 Å². The molecule has 0 bridgehead atoms. The quantitative estimate of drug-likeness (QED) is 0.891. The fourth-order valence-electron chi connectivity index (χ4n) is 1.92. The van der Waals surface area contributed by atoms with Crippen LogP contribution in [-0.4, -0.2) is 23.8 Å². The van der Waals surface area contributed by atoms with Gasteiger partial charge in [-0.1, -0.05) is 18.2 Å². The Hall–Kier alpha value is -1.62. The molecule has 20 heavy (non-hydrogen) atoms. The smallest absolute Gasteiger partial charge is 0.407 e. The van der Waals surface area contributed by atoms with Crippen molar-refractivity contribution < 1.29 is 13.9 Å². The molecule has 4 nitrogen and oxygen atoms in total. The molecule has 110 valence electrons. The molecule has 1 fully saturated rings. The number of carbonyl (C=O) groups is 1. The maximum Gasteiger partial charge on any atom is 0.407 e. The maximum atomic E-state index is 13.4. The van der Waals surface area contributed by atoms with E-state index in [-0.39, 0.29) is 17.9 Å². The van der Waals surface area contributed by atoms with Crippen LogP contribution in [0.3, 0.4) is 0 Å². The van der Waals surface area contributed by atoms with Crippen LogP contribution in [0.1, 0.15) is 32.8 Å². The second-order valence-corrected chi connectivity index (χ2v) is 6.07. The zero-order valence-corrected chi connectivity index (χ0v) is 12.1. The van der Waals surface area contributed by atoms with Gasteiger partial charge in [-0.25, -0.2) is 9.18 Å². The van der Waals surface area contributed by atoms with Gasteiger partial charge in [-0.05, 0) is 33.3 Å². The maximum absolute atomic E-state index is 13.4. The molecule has 2 N–H and O–H groups in total. The molecular weight excluding hydrogens is 259 g/mol. The Kier molecular flexibility index (Phi) is 4.28. The minimum atomic E-state index is -0.491. The van der Waals surface area contributed by atoms with Gasteiger partial charge in [0.15, 0.2) is 0 Å². The second-order valence-electron chi connectivity index (χ2n) is 6.07. The fraction of sp³-hybridized carbons (Fsp3) is 0.533. The number of ether oxygens (including phenoxy) is 1. The van der Waals surface area contributed by atoms with Crippen LogP contribution in [-0.2, 0) is 11.3 Å². The molecule has 1 aromatic rings. The molecule has 0 saturated heterocycles. The number of hydrogen-bond donors (Lipinski definition) is 2. The van der Waals surface area contributed by atoms with Crippen molar-refractivity contribution in [3.8, 4) is 0 Å². The Morgan fingerprint density at radius 3 is 2.70 bits per heavy atom. The summed E-state index contributed by atoms with van der Waals surface area (Å²) in [4.78, 5) is 11.6. The Bertz CT molecular complexity index is 485. The van der Waals surface area contributed by atoms with Gasteiger partial charge in [-0.3, -0.25) is 0 Å². The van der Waals surface area contributed by atoms with Crippen molar-refractivity contribution in [3.05, 3.63) is 35.6 Å². The van der Waals surface area contributed by atoms with E-state index in [1.807, 2.05) is 26.8 Å². The van der Waals surface area contributed by atoms with E-state index in [0.29, 0.717) is 12.1 Å². The van der Waals surface area contributed by atoms with Crippen LogP contribution in [0, 0.1) is 5.82 Å². The van der Waals surface area contributed by atoms with Gasteiger partial charge < -0.3 is 15.4 Å². The summed E-state index contributed by atoms with van der Waals surface area (Å²) in [6.07, 6.45) is 0.436. The minimum Gasteiger partial charge on any atom is -0.444 e. The lowest BCUT2D eigenvalue weighted by Crippen LogP contribution is -2.36. The standard InChI is InChI=1S/C15H21FN2O2/c1-15(2,3)20-14(19)18-13-8-12(13)17-9-10-6-4-5-7-11(10)16/h4-7,12-13,17H,8-9H2,1-3H3,(H,18,19). The van der Waals surface area contributed by atoms with Gasteiger partial charge in [0.1, 0.15) is 11.4 Å². The average Bonchev–Trinajstić information content (AvgIpc) is 3.03. The number of hydrogen-bond acceptors (Lipinski definition) is 3. The molecule has 2 atom stereocenters. The molecule has 5 heteroatoms. The lowest BCUT2D eigenvalue weighted by molar-refractivity contribution is 0.0522. The highest BCUT2D eigenvalue weighted by atomic mass is 19.1. The van der Waals surface area contributed by atoms with Crippen LogP contribution >= 0.6 is 0 Å². The van der Waals surface area contributed by atoms with Gasteiger partial charge >= 0.3 is 6.09 Å². The van der Waals surface area contributed by atoms with E-state index in [1.54, 1.807) is 12.1 Å². The molecule has 1 aromatic carbocycles. The van der Waals surface area contributed by atoms with E-state index in [9.17, 15) is 9.18 Å². The van der Waals surface area contributed by atoms with Gasteiger partial charge in [0.25, 0.3) is 0 Å². The number of rotatable bonds is 4. The summed E-state index contributed by atoms with van der Waals surface area (Å²) in [5.41, 5.74) is 0.144. The summed E-state index contributed by atoms with van der Waals surface area (Å²) in [5.74, 6) is -0.211. The molecule has 1 amide bonds. The van der Waals surface area contributed by atoms with Crippen LogP contribution in [0.5, 0.6) is 0 Å². The number of benzene rings is 1. The van der Waals surface area contributed by atoms with Gasteiger partial charge in [-0.15, -0.1) is 0 Å². The molecule has 0 aromatic heterocycles. The summed E-state index contributed by atoms with van der Waals surface area (Å²) in [6, 6.07) is 6.92.